The predicted molar refractivity (Wildman–Crippen MR) is 125 cm³/mol. The van der Waals surface area contributed by atoms with Crippen molar-refractivity contribution in [2.45, 2.75) is 19.5 Å². The maximum absolute atomic E-state index is 9.02. The Balaban J connectivity index is 1.57. The lowest BCUT2D eigenvalue weighted by atomic mass is 10.0. The van der Waals surface area contributed by atoms with Gasteiger partial charge in [-0.2, -0.15) is 5.26 Å². The third kappa shape index (κ3) is 4.65. The summed E-state index contributed by atoms with van der Waals surface area (Å²) in [6.45, 7) is 8.00. The lowest BCUT2D eigenvalue weighted by Crippen LogP contribution is -2.33. The van der Waals surface area contributed by atoms with E-state index < -0.39 is 0 Å². The highest BCUT2D eigenvalue weighted by molar-refractivity contribution is 6.30. The van der Waals surface area contributed by atoms with E-state index in [9.17, 15) is 0 Å². The highest BCUT2D eigenvalue weighted by atomic mass is 35.5. The fraction of sp³-hybridized carbons (Fsp3) is 0.200. The van der Waals surface area contributed by atoms with Crippen LogP contribution in [0.2, 0.25) is 5.02 Å². The van der Waals surface area contributed by atoms with Gasteiger partial charge in [0, 0.05) is 23.8 Å². The average Bonchev–Trinajstić information content (AvgIpc) is 2.80. The first-order chi connectivity index (χ1) is 15.0. The Hall–Kier alpha value is -3.49. The number of allylic oxidation sites excluding steroid dienone is 1. The fourth-order valence-corrected chi connectivity index (χ4v) is 3.76. The van der Waals surface area contributed by atoms with Gasteiger partial charge in [0.1, 0.15) is 18.0 Å². The molecule has 1 aliphatic rings. The van der Waals surface area contributed by atoms with Gasteiger partial charge < -0.3 is 15.0 Å². The molecule has 2 aromatic carbocycles. The lowest BCUT2D eigenvalue weighted by molar-refractivity contribution is 0.306. The Kier molecular flexibility index (Phi) is 6.11. The number of halogens is 1. The molecule has 1 N–H and O–H groups in total. The van der Waals surface area contributed by atoms with E-state index in [1.807, 2.05) is 54.6 Å². The van der Waals surface area contributed by atoms with Crippen LogP contribution < -0.4 is 15.0 Å². The molecule has 0 amide bonds. The third-order valence-corrected chi connectivity index (χ3v) is 5.61. The number of pyridine rings is 1. The van der Waals surface area contributed by atoms with Crippen LogP contribution in [0.5, 0.6) is 5.75 Å². The van der Waals surface area contributed by atoms with Crippen molar-refractivity contribution in [3.8, 4) is 11.8 Å². The van der Waals surface area contributed by atoms with Gasteiger partial charge in [-0.25, -0.2) is 4.98 Å². The molecule has 0 bridgehead atoms. The summed E-state index contributed by atoms with van der Waals surface area (Å²) in [6.07, 6.45) is 1.76. The van der Waals surface area contributed by atoms with E-state index in [4.69, 9.17) is 21.6 Å². The van der Waals surface area contributed by atoms with Gasteiger partial charge in [-0.1, -0.05) is 54.6 Å². The van der Waals surface area contributed by atoms with Gasteiger partial charge >= 0.3 is 0 Å². The van der Waals surface area contributed by atoms with E-state index >= 15 is 0 Å². The molecule has 1 unspecified atom stereocenters. The Bertz CT molecular complexity index is 1120. The molecule has 4 rings (SSSR count). The molecule has 0 saturated heterocycles. The topological polar surface area (TPSA) is 61.2 Å². The van der Waals surface area contributed by atoms with Gasteiger partial charge in [-0.15, -0.1) is 0 Å². The van der Waals surface area contributed by atoms with E-state index in [0.29, 0.717) is 12.2 Å². The molecule has 1 aliphatic heterocycles. The second kappa shape index (κ2) is 9.11. The summed E-state index contributed by atoms with van der Waals surface area (Å²) in [5, 5.41) is 13.3. The maximum Gasteiger partial charge on any atom is 0.153 e. The number of nitrogens with zero attached hydrogens (tertiary/aromatic N) is 3. The maximum atomic E-state index is 9.02. The second-order valence-corrected chi connectivity index (χ2v) is 7.92. The summed E-state index contributed by atoms with van der Waals surface area (Å²) in [6, 6.07) is 19.8. The van der Waals surface area contributed by atoms with E-state index in [1.165, 1.54) is 5.56 Å². The Labute approximate surface area is 187 Å². The molecule has 6 heteroatoms. The number of nitrogens with one attached hydrogen (secondary N) is 1. The van der Waals surface area contributed by atoms with Crippen molar-refractivity contribution in [3.63, 3.8) is 0 Å². The molecular formula is C25H23ClN4O. The minimum absolute atomic E-state index is 0.0164. The minimum atomic E-state index is 0.0164. The van der Waals surface area contributed by atoms with Gasteiger partial charge in [0.05, 0.1) is 24.2 Å². The van der Waals surface area contributed by atoms with E-state index in [-0.39, 0.29) is 6.04 Å². The molecule has 0 spiro atoms. The van der Waals surface area contributed by atoms with Crippen LogP contribution in [0.25, 0.3) is 5.57 Å². The Morgan fingerprint density at radius 2 is 1.97 bits per heavy atom. The predicted octanol–water partition coefficient (Wildman–Crippen LogP) is 5.84. The number of anilines is 2. The van der Waals surface area contributed by atoms with Gasteiger partial charge in [-0.3, -0.25) is 0 Å². The van der Waals surface area contributed by atoms with Crippen molar-refractivity contribution in [2.24, 2.45) is 0 Å². The highest BCUT2D eigenvalue weighted by Gasteiger charge is 2.24. The number of aromatic nitrogens is 1. The van der Waals surface area contributed by atoms with Crippen LogP contribution in [0.15, 0.2) is 67.4 Å². The van der Waals surface area contributed by atoms with Crippen molar-refractivity contribution < 1.29 is 4.74 Å². The number of ether oxygens (including phenoxy) is 1. The largest absolute Gasteiger partial charge is 0.489 e. The monoisotopic (exact) mass is 430 g/mol. The van der Waals surface area contributed by atoms with Crippen molar-refractivity contribution in [1.82, 2.24) is 4.98 Å². The second-order valence-electron chi connectivity index (χ2n) is 7.48. The van der Waals surface area contributed by atoms with Crippen LogP contribution in [-0.4, -0.2) is 18.1 Å². The molecule has 31 heavy (non-hydrogen) atoms. The highest BCUT2D eigenvalue weighted by Crippen LogP contribution is 2.39. The SMILES string of the molecule is C=C(C#N)c1ccc(C(C)Nc2nccc3c2N(Cc2ccc(Cl)cc2)CCO3)cc1. The number of hydrogen-bond donors (Lipinski definition) is 1. The minimum Gasteiger partial charge on any atom is -0.489 e. The normalized spacial score (nSPS) is 13.5. The lowest BCUT2D eigenvalue weighted by Gasteiger charge is -2.33. The number of rotatable bonds is 6. The molecule has 5 nitrogen and oxygen atoms in total. The first kappa shape index (κ1) is 20.8. The Morgan fingerprint density at radius 1 is 1.23 bits per heavy atom. The molecule has 0 aliphatic carbocycles. The van der Waals surface area contributed by atoms with Crippen LogP contribution >= 0.6 is 11.6 Å². The number of fused-ring (bicyclic) bond motifs is 1. The van der Waals surface area contributed by atoms with Gasteiger partial charge in [0.2, 0.25) is 0 Å². The van der Waals surface area contributed by atoms with Crippen LogP contribution in [0.3, 0.4) is 0 Å². The molecule has 0 saturated carbocycles. The zero-order valence-corrected chi connectivity index (χ0v) is 18.1. The van der Waals surface area contributed by atoms with Crippen LogP contribution in [0, 0.1) is 11.3 Å². The summed E-state index contributed by atoms with van der Waals surface area (Å²) in [5.41, 5.74) is 4.52. The van der Waals surface area contributed by atoms with Crippen LogP contribution in [0.4, 0.5) is 11.5 Å². The zero-order chi connectivity index (χ0) is 21.8. The standard InChI is InChI=1S/C25H23ClN4O/c1-17(15-27)20-5-7-21(8-6-20)18(2)29-25-24-23(11-12-28-25)31-14-13-30(24)16-19-3-9-22(26)10-4-19/h3-12,18H,1,13-14,16H2,2H3,(H,28,29). The van der Waals surface area contributed by atoms with Gasteiger partial charge in [-0.05, 0) is 35.7 Å². The number of benzene rings is 2. The number of nitriles is 1. The van der Waals surface area contributed by atoms with Crippen molar-refractivity contribution >= 4 is 28.7 Å². The smallest absolute Gasteiger partial charge is 0.153 e. The molecule has 0 radical (unpaired) electrons. The average molecular weight is 431 g/mol. The van der Waals surface area contributed by atoms with E-state index in [0.717, 1.165) is 46.5 Å². The molecule has 1 aromatic heterocycles. The zero-order valence-electron chi connectivity index (χ0n) is 17.3. The van der Waals surface area contributed by atoms with Crippen LogP contribution in [0.1, 0.15) is 29.7 Å². The molecule has 3 aromatic rings. The first-order valence-corrected chi connectivity index (χ1v) is 10.5. The van der Waals surface area contributed by atoms with Gasteiger partial charge in [0.15, 0.2) is 5.82 Å². The quantitative estimate of drug-likeness (QED) is 0.497. The summed E-state index contributed by atoms with van der Waals surface area (Å²) >= 11 is 6.04. The summed E-state index contributed by atoms with van der Waals surface area (Å²) < 4.78 is 5.91. The molecule has 1 atom stereocenters. The first-order valence-electron chi connectivity index (χ1n) is 10.1. The summed E-state index contributed by atoms with van der Waals surface area (Å²) in [4.78, 5) is 6.89. The van der Waals surface area contributed by atoms with E-state index in [2.05, 4.69) is 34.8 Å². The van der Waals surface area contributed by atoms with Gasteiger partial charge in [0.25, 0.3) is 0 Å². The van der Waals surface area contributed by atoms with Crippen molar-refractivity contribution in [1.29, 1.82) is 5.26 Å². The number of hydrogen-bond acceptors (Lipinski definition) is 5. The van der Waals surface area contributed by atoms with Crippen molar-refractivity contribution in [2.75, 3.05) is 23.4 Å². The Morgan fingerprint density at radius 3 is 2.68 bits per heavy atom. The molecule has 2 heterocycles. The summed E-state index contributed by atoms with van der Waals surface area (Å²) in [5.74, 6) is 1.61. The fourth-order valence-electron chi connectivity index (χ4n) is 3.64. The van der Waals surface area contributed by atoms with Crippen LogP contribution in [-0.2, 0) is 6.54 Å². The molecular weight excluding hydrogens is 408 g/mol. The van der Waals surface area contributed by atoms with Crippen molar-refractivity contribution in [3.05, 3.63) is 89.1 Å². The molecule has 156 valence electrons. The van der Waals surface area contributed by atoms with E-state index in [1.54, 1.807) is 6.20 Å². The molecule has 0 fully saturated rings. The summed E-state index contributed by atoms with van der Waals surface area (Å²) in [7, 11) is 0. The third-order valence-electron chi connectivity index (χ3n) is 5.36.